The van der Waals surface area contributed by atoms with Crippen LogP contribution < -0.4 is 5.73 Å². The fourth-order valence-corrected chi connectivity index (χ4v) is 5.20. The van der Waals surface area contributed by atoms with E-state index in [2.05, 4.69) is 37.4 Å². The van der Waals surface area contributed by atoms with Crippen molar-refractivity contribution in [2.75, 3.05) is 37.7 Å². The van der Waals surface area contributed by atoms with Gasteiger partial charge in [-0.3, -0.25) is 4.90 Å². The van der Waals surface area contributed by atoms with Crippen LogP contribution in [-0.2, 0) is 4.74 Å². The van der Waals surface area contributed by atoms with Crippen molar-refractivity contribution in [1.82, 2.24) is 4.90 Å². The Kier molecular flexibility index (Phi) is 5.21. The Morgan fingerprint density at radius 1 is 1.37 bits per heavy atom. The van der Waals surface area contributed by atoms with Crippen molar-refractivity contribution in [3.05, 3.63) is 0 Å². The maximum absolute atomic E-state index is 6.21. The summed E-state index contributed by atoms with van der Waals surface area (Å²) >= 11 is 2.07. The topological polar surface area (TPSA) is 38.5 Å². The van der Waals surface area contributed by atoms with E-state index in [4.69, 9.17) is 10.5 Å². The maximum atomic E-state index is 6.21. The van der Waals surface area contributed by atoms with Crippen LogP contribution in [-0.4, -0.2) is 54.3 Å². The molecule has 2 aliphatic rings. The predicted octanol–water partition coefficient (Wildman–Crippen LogP) is 2.35. The lowest BCUT2D eigenvalue weighted by Crippen LogP contribution is -2.61. The molecule has 2 heterocycles. The van der Waals surface area contributed by atoms with E-state index in [1.807, 2.05) is 0 Å². The molecule has 2 fully saturated rings. The molecule has 0 spiro atoms. The van der Waals surface area contributed by atoms with E-state index in [1.165, 1.54) is 30.8 Å². The van der Waals surface area contributed by atoms with E-state index in [0.717, 1.165) is 26.2 Å². The standard InChI is InChI=1S/C15H30N2OS/c1-4-17(8-13-6-5-7-18-13)15(10-16)9-14(2,3)11-19-12-15/h13H,4-12,16H2,1-3H3. The van der Waals surface area contributed by atoms with Gasteiger partial charge in [-0.25, -0.2) is 0 Å². The van der Waals surface area contributed by atoms with Crippen molar-refractivity contribution >= 4 is 11.8 Å². The molecule has 0 amide bonds. The molecule has 2 unspecified atom stereocenters. The van der Waals surface area contributed by atoms with E-state index < -0.39 is 0 Å². The Morgan fingerprint density at radius 2 is 2.16 bits per heavy atom. The van der Waals surface area contributed by atoms with Crippen LogP contribution in [0.4, 0.5) is 0 Å². The molecule has 2 N–H and O–H groups in total. The Hall–Kier alpha value is 0.230. The predicted molar refractivity (Wildman–Crippen MR) is 83.7 cm³/mol. The Bertz CT molecular complexity index is 292. The molecule has 0 saturated carbocycles. The van der Waals surface area contributed by atoms with E-state index in [-0.39, 0.29) is 5.54 Å². The first-order chi connectivity index (χ1) is 9.01. The molecule has 3 nitrogen and oxygen atoms in total. The molecule has 0 radical (unpaired) electrons. The summed E-state index contributed by atoms with van der Waals surface area (Å²) in [7, 11) is 0. The molecule has 0 aromatic heterocycles. The average Bonchev–Trinajstić information content (AvgIpc) is 2.87. The molecule has 0 bridgehead atoms. The summed E-state index contributed by atoms with van der Waals surface area (Å²) in [5, 5.41) is 0. The molecular weight excluding hydrogens is 256 g/mol. The number of nitrogens with zero attached hydrogens (tertiary/aromatic N) is 1. The minimum atomic E-state index is 0.174. The highest BCUT2D eigenvalue weighted by atomic mass is 32.2. The zero-order valence-electron chi connectivity index (χ0n) is 12.8. The molecule has 2 saturated heterocycles. The lowest BCUT2D eigenvalue weighted by Gasteiger charge is -2.51. The second-order valence-electron chi connectivity index (χ2n) is 6.94. The second-order valence-corrected chi connectivity index (χ2v) is 7.92. The Labute approximate surface area is 122 Å². The molecule has 2 rings (SSSR count). The normalized spacial score (nSPS) is 34.9. The molecule has 4 heteroatoms. The third kappa shape index (κ3) is 3.66. The van der Waals surface area contributed by atoms with Gasteiger partial charge in [-0.05, 0) is 37.0 Å². The molecule has 112 valence electrons. The largest absolute Gasteiger partial charge is 0.377 e. The van der Waals surface area contributed by atoms with Crippen molar-refractivity contribution in [2.24, 2.45) is 11.1 Å². The van der Waals surface area contributed by atoms with E-state index in [0.29, 0.717) is 11.5 Å². The van der Waals surface area contributed by atoms with E-state index in [9.17, 15) is 0 Å². The van der Waals surface area contributed by atoms with Crippen LogP contribution in [0.25, 0.3) is 0 Å². The smallest absolute Gasteiger partial charge is 0.0703 e. The van der Waals surface area contributed by atoms with Gasteiger partial charge in [0.15, 0.2) is 0 Å². The summed E-state index contributed by atoms with van der Waals surface area (Å²) in [5.41, 5.74) is 6.78. The van der Waals surface area contributed by atoms with Gasteiger partial charge in [-0.2, -0.15) is 11.8 Å². The first kappa shape index (κ1) is 15.6. The zero-order valence-corrected chi connectivity index (χ0v) is 13.6. The molecular formula is C15H30N2OS. The number of hydrogen-bond donors (Lipinski definition) is 1. The van der Waals surface area contributed by atoms with Crippen molar-refractivity contribution < 1.29 is 4.74 Å². The van der Waals surface area contributed by atoms with E-state index in [1.54, 1.807) is 0 Å². The van der Waals surface area contributed by atoms with Gasteiger partial charge in [0.1, 0.15) is 0 Å². The minimum Gasteiger partial charge on any atom is -0.377 e. The first-order valence-corrected chi connectivity index (χ1v) is 8.81. The quantitative estimate of drug-likeness (QED) is 0.842. The Morgan fingerprint density at radius 3 is 2.68 bits per heavy atom. The van der Waals surface area contributed by atoms with E-state index >= 15 is 0 Å². The van der Waals surface area contributed by atoms with Crippen LogP contribution in [0, 0.1) is 5.41 Å². The zero-order chi connectivity index (χ0) is 13.9. The van der Waals surface area contributed by atoms with Gasteiger partial charge in [-0.1, -0.05) is 20.8 Å². The summed E-state index contributed by atoms with van der Waals surface area (Å²) in [6.45, 7) is 10.9. The highest BCUT2D eigenvalue weighted by Gasteiger charge is 2.43. The fraction of sp³-hybridized carbons (Fsp3) is 1.00. The van der Waals surface area contributed by atoms with Crippen LogP contribution in [0.2, 0.25) is 0 Å². The SMILES string of the molecule is CCN(CC1CCCO1)C1(CN)CSCC(C)(C)C1. The summed E-state index contributed by atoms with van der Waals surface area (Å²) in [5.74, 6) is 2.43. The van der Waals surface area contributed by atoms with Gasteiger partial charge in [0.2, 0.25) is 0 Å². The van der Waals surface area contributed by atoms with Crippen LogP contribution in [0.1, 0.15) is 40.0 Å². The number of nitrogens with two attached hydrogens (primary N) is 1. The minimum absolute atomic E-state index is 0.174. The molecule has 2 aliphatic heterocycles. The number of thioether (sulfide) groups is 1. The molecule has 2 atom stereocenters. The lowest BCUT2D eigenvalue weighted by atomic mass is 9.78. The van der Waals surface area contributed by atoms with Crippen molar-refractivity contribution in [3.63, 3.8) is 0 Å². The number of hydrogen-bond acceptors (Lipinski definition) is 4. The maximum Gasteiger partial charge on any atom is 0.0703 e. The molecule has 19 heavy (non-hydrogen) atoms. The van der Waals surface area contributed by atoms with Crippen LogP contribution in [0.15, 0.2) is 0 Å². The van der Waals surface area contributed by atoms with Crippen LogP contribution in [0.5, 0.6) is 0 Å². The van der Waals surface area contributed by atoms with Gasteiger partial charge >= 0.3 is 0 Å². The second kappa shape index (κ2) is 6.33. The van der Waals surface area contributed by atoms with Crippen molar-refractivity contribution in [2.45, 2.75) is 51.7 Å². The number of ether oxygens (including phenoxy) is 1. The third-order valence-corrected chi connectivity index (χ3v) is 6.28. The Balaban J connectivity index is 2.07. The van der Waals surface area contributed by atoms with Crippen LogP contribution in [0.3, 0.4) is 0 Å². The van der Waals surface area contributed by atoms with Gasteiger partial charge in [-0.15, -0.1) is 0 Å². The average molecular weight is 286 g/mol. The van der Waals surface area contributed by atoms with Crippen LogP contribution >= 0.6 is 11.8 Å². The van der Waals surface area contributed by atoms with Gasteiger partial charge in [0, 0.05) is 31.0 Å². The highest BCUT2D eigenvalue weighted by molar-refractivity contribution is 7.99. The summed E-state index contributed by atoms with van der Waals surface area (Å²) in [6.07, 6.45) is 4.08. The van der Waals surface area contributed by atoms with Gasteiger partial charge in [0.05, 0.1) is 6.10 Å². The highest BCUT2D eigenvalue weighted by Crippen LogP contribution is 2.42. The van der Waals surface area contributed by atoms with Gasteiger partial charge < -0.3 is 10.5 Å². The fourth-order valence-electron chi connectivity index (χ4n) is 3.67. The number of rotatable bonds is 5. The summed E-state index contributed by atoms with van der Waals surface area (Å²) in [6, 6.07) is 0. The first-order valence-electron chi connectivity index (χ1n) is 7.66. The molecule has 0 aromatic rings. The van der Waals surface area contributed by atoms with Crippen molar-refractivity contribution in [3.8, 4) is 0 Å². The molecule has 0 aromatic carbocycles. The number of likely N-dealkylation sites (N-methyl/N-ethyl adjacent to an activating group) is 1. The van der Waals surface area contributed by atoms with Crippen molar-refractivity contribution in [1.29, 1.82) is 0 Å². The lowest BCUT2D eigenvalue weighted by molar-refractivity contribution is 0.0146. The summed E-state index contributed by atoms with van der Waals surface area (Å²) < 4.78 is 5.83. The summed E-state index contributed by atoms with van der Waals surface area (Å²) in [4.78, 5) is 2.61. The monoisotopic (exact) mass is 286 g/mol. The van der Waals surface area contributed by atoms with Gasteiger partial charge in [0.25, 0.3) is 0 Å². The molecule has 0 aliphatic carbocycles. The third-order valence-electron chi connectivity index (χ3n) is 4.55.